The van der Waals surface area contributed by atoms with Gasteiger partial charge in [-0.3, -0.25) is 5.43 Å². The van der Waals surface area contributed by atoms with E-state index < -0.39 is 0 Å². The van der Waals surface area contributed by atoms with Gasteiger partial charge in [-0.15, -0.1) is 0 Å². The van der Waals surface area contributed by atoms with E-state index in [1.54, 1.807) is 6.21 Å². The highest BCUT2D eigenvalue weighted by molar-refractivity contribution is 7.80. The lowest BCUT2D eigenvalue weighted by Crippen LogP contribution is -2.44. The van der Waals surface area contributed by atoms with E-state index in [0.717, 1.165) is 17.4 Å². The highest BCUT2D eigenvalue weighted by atomic mass is 32.1. The maximum Gasteiger partial charge on any atom is 0.187 e. The third-order valence-corrected chi connectivity index (χ3v) is 3.16. The average molecular weight is 279 g/mol. The second-order valence-electron chi connectivity index (χ2n) is 6.13. The summed E-state index contributed by atoms with van der Waals surface area (Å²) < 4.78 is 5.71. The molecule has 1 fully saturated rings. The van der Waals surface area contributed by atoms with Crippen molar-refractivity contribution < 1.29 is 4.42 Å². The van der Waals surface area contributed by atoms with Gasteiger partial charge in [0, 0.05) is 11.5 Å². The normalized spacial score (nSPS) is 22.5. The molecule has 5 heteroatoms. The Morgan fingerprint density at radius 2 is 2.16 bits per heavy atom. The number of nitrogens with zero attached hydrogens (tertiary/aromatic N) is 1. The summed E-state index contributed by atoms with van der Waals surface area (Å²) in [5.74, 6) is 3.15. The second kappa shape index (κ2) is 5.33. The Bertz CT molecular complexity index is 487. The molecule has 0 aromatic carbocycles. The van der Waals surface area contributed by atoms with Gasteiger partial charge in [-0.25, -0.2) is 0 Å². The summed E-state index contributed by atoms with van der Waals surface area (Å²) in [7, 11) is 0. The Hall–Kier alpha value is -1.36. The van der Waals surface area contributed by atoms with Crippen LogP contribution in [0.1, 0.15) is 51.6 Å². The van der Waals surface area contributed by atoms with Crippen molar-refractivity contribution in [2.75, 3.05) is 0 Å². The lowest BCUT2D eigenvalue weighted by Gasteiger charge is -2.21. The van der Waals surface area contributed by atoms with Gasteiger partial charge >= 0.3 is 0 Å². The molecule has 0 saturated heterocycles. The van der Waals surface area contributed by atoms with Crippen LogP contribution < -0.4 is 10.7 Å². The van der Waals surface area contributed by atoms with Gasteiger partial charge in [-0.05, 0) is 57.5 Å². The van der Waals surface area contributed by atoms with Gasteiger partial charge in [-0.2, -0.15) is 5.10 Å². The van der Waals surface area contributed by atoms with E-state index in [-0.39, 0.29) is 5.54 Å². The van der Waals surface area contributed by atoms with Gasteiger partial charge in [0.2, 0.25) is 0 Å². The van der Waals surface area contributed by atoms with E-state index in [1.165, 1.54) is 6.42 Å². The van der Waals surface area contributed by atoms with E-state index in [1.807, 2.05) is 32.9 Å². The summed E-state index contributed by atoms with van der Waals surface area (Å²) in [6.45, 7) is 8.36. The molecule has 1 aliphatic carbocycles. The summed E-state index contributed by atoms with van der Waals surface area (Å²) in [5, 5.41) is 7.69. The quantitative estimate of drug-likeness (QED) is 0.507. The van der Waals surface area contributed by atoms with Crippen molar-refractivity contribution in [1.29, 1.82) is 0 Å². The Labute approximate surface area is 119 Å². The van der Waals surface area contributed by atoms with Crippen molar-refractivity contribution in [3.05, 3.63) is 23.7 Å². The molecule has 104 valence electrons. The van der Waals surface area contributed by atoms with E-state index >= 15 is 0 Å². The Morgan fingerprint density at radius 3 is 2.74 bits per heavy atom. The molecule has 2 N–H and O–H groups in total. The number of hydrogen-bond donors (Lipinski definition) is 2. The molecule has 0 spiro atoms. The molecule has 1 aliphatic rings. The third-order valence-electron chi connectivity index (χ3n) is 2.97. The fourth-order valence-electron chi connectivity index (χ4n) is 1.88. The first-order valence-electron chi connectivity index (χ1n) is 6.56. The van der Waals surface area contributed by atoms with Crippen LogP contribution in [0.15, 0.2) is 21.7 Å². The first kappa shape index (κ1) is 14.1. The number of rotatable bonds is 3. The standard InChI is InChI=1S/C14H21N3OS/c1-9-7-11(9)12-6-5-10(18-12)8-15-17-13(19)16-14(2,3)4/h5-6,8-9,11H,7H2,1-4H3,(H2,16,17,19)/b15-8-/t9-,11-/m1/s1. The van der Waals surface area contributed by atoms with E-state index in [2.05, 4.69) is 22.8 Å². The lowest BCUT2D eigenvalue weighted by molar-refractivity contribution is 0.499. The van der Waals surface area contributed by atoms with Gasteiger partial charge < -0.3 is 9.73 Å². The molecular weight excluding hydrogens is 258 g/mol. The van der Waals surface area contributed by atoms with Gasteiger partial charge in [0.25, 0.3) is 0 Å². The van der Waals surface area contributed by atoms with Crippen molar-refractivity contribution in [2.45, 2.75) is 45.6 Å². The molecule has 1 aromatic rings. The van der Waals surface area contributed by atoms with Crippen LogP contribution in [-0.2, 0) is 0 Å². The van der Waals surface area contributed by atoms with Crippen molar-refractivity contribution in [3.8, 4) is 0 Å². The van der Waals surface area contributed by atoms with Gasteiger partial charge in [0.05, 0.1) is 6.21 Å². The van der Waals surface area contributed by atoms with E-state index in [9.17, 15) is 0 Å². The number of thiocarbonyl (C=S) groups is 1. The highest BCUT2D eigenvalue weighted by Crippen LogP contribution is 2.47. The molecule has 0 amide bonds. The molecule has 19 heavy (non-hydrogen) atoms. The van der Waals surface area contributed by atoms with Crippen LogP contribution in [0.2, 0.25) is 0 Å². The predicted octanol–water partition coefficient (Wildman–Crippen LogP) is 3.00. The fourth-order valence-corrected chi connectivity index (χ4v) is 2.24. The van der Waals surface area contributed by atoms with Crippen LogP contribution in [0.3, 0.4) is 0 Å². The number of hydrogen-bond acceptors (Lipinski definition) is 3. The second-order valence-corrected chi connectivity index (χ2v) is 6.54. The van der Waals surface area contributed by atoms with Crippen molar-refractivity contribution >= 4 is 23.5 Å². The summed E-state index contributed by atoms with van der Waals surface area (Å²) in [4.78, 5) is 0. The van der Waals surface area contributed by atoms with Gasteiger partial charge in [-0.1, -0.05) is 6.92 Å². The summed E-state index contributed by atoms with van der Waals surface area (Å²) in [6.07, 6.45) is 2.87. The van der Waals surface area contributed by atoms with Crippen molar-refractivity contribution in [1.82, 2.24) is 10.7 Å². The number of furan rings is 1. The number of nitrogens with one attached hydrogen (secondary N) is 2. The molecule has 1 aromatic heterocycles. The van der Waals surface area contributed by atoms with Crippen LogP contribution in [0.4, 0.5) is 0 Å². The molecule has 1 heterocycles. The molecule has 1 saturated carbocycles. The zero-order chi connectivity index (χ0) is 14.0. The molecular formula is C14H21N3OS. The topological polar surface area (TPSA) is 49.6 Å². The molecule has 2 atom stereocenters. The minimum atomic E-state index is -0.0699. The zero-order valence-corrected chi connectivity index (χ0v) is 12.7. The van der Waals surface area contributed by atoms with Crippen LogP contribution in [0.25, 0.3) is 0 Å². The summed E-state index contributed by atoms with van der Waals surface area (Å²) >= 11 is 5.12. The van der Waals surface area contributed by atoms with Crippen LogP contribution >= 0.6 is 12.2 Å². The van der Waals surface area contributed by atoms with Crippen LogP contribution in [0, 0.1) is 5.92 Å². The minimum absolute atomic E-state index is 0.0699. The van der Waals surface area contributed by atoms with Crippen LogP contribution in [-0.4, -0.2) is 16.9 Å². The Morgan fingerprint density at radius 1 is 1.47 bits per heavy atom. The average Bonchev–Trinajstić information content (AvgIpc) is 2.82. The first-order valence-corrected chi connectivity index (χ1v) is 6.97. The maximum atomic E-state index is 5.71. The number of hydrazone groups is 1. The highest BCUT2D eigenvalue weighted by Gasteiger charge is 2.36. The van der Waals surface area contributed by atoms with Crippen LogP contribution in [0.5, 0.6) is 0 Å². The maximum absolute atomic E-state index is 5.71. The summed E-state index contributed by atoms with van der Waals surface area (Å²) in [6, 6.07) is 3.97. The lowest BCUT2D eigenvalue weighted by atomic mass is 10.1. The molecule has 0 bridgehead atoms. The predicted molar refractivity (Wildman–Crippen MR) is 81.4 cm³/mol. The van der Waals surface area contributed by atoms with Gasteiger partial charge in [0.1, 0.15) is 11.5 Å². The summed E-state index contributed by atoms with van der Waals surface area (Å²) in [5.41, 5.74) is 2.71. The Kier molecular flexibility index (Phi) is 3.94. The first-order chi connectivity index (χ1) is 8.85. The van der Waals surface area contributed by atoms with Crippen molar-refractivity contribution in [3.63, 3.8) is 0 Å². The van der Waals surface area contributed by atoms with E-state index in [0.29, 0.717) is 11.0 Å². The zero-order valence-electron chi connectivity index (χ0n) is 11.9. The molecule has 2 rings (SSSR count). The largest absolute Gasteiger partial charge is 0.460 e. The fraction of sp³-hybridized carbons (Fsp3) is 0.571. The smallest absolute Gasteiger partial charge is 0.187 e. The van der Waals surface area contributed by atoms with Crippen molar-refractivity contribution in [2.24, 2.45) is 11.0 Å². The monoisotopic (exact) mass is 279 g/mol. The minimum Gasteiger partial charge on any atom is -0.460 e. The van der Waals surface area contributed by atoms with E-state index in [4.69, 9.17) is 16.6 Å². The third kappa shape index (κ3) is 4.35. The SMILES string of the molecule is C[C@@H]1C[C@H]1c1ccc(/C=N\NC(=S)NC(C)(C)C)o1. The molecule has 0 aliphatic heterocycles. The molecule has 0 radical (unpaired) electrons. The van der Waals surface area contributed by atoms with Gasteiger partial charge in [0.15, 0.2) is 5.11 Å². The molecule has 4 nitrogen and oxygen atoms in total. The molecule has 0 unspecified atom stereocenters. The Balaban J connectivity index is 1.82.